The van der Waals surface area contributed by atoms with Gasteiger partial charge in [-0.15, -0.1) is 0 Å². The van der Waals surface area contributed by atoms with Crippen LogP contribution in [0.1, 0.15) is 20.3 Å². The molecule has 0 rings (SSSR count). The van der Waals surface area contributed by atoms with Crippen molar-refractivity contribution in [3.8, 4) is 0 Å². The maximum atomic E-state index is 3.82. The molecule has 0 heteroatoms. The van der Waals surface area contributed by atoms with E-state index in [0.29, 0.717) is 0 Å². The van der Waals surface area contributed by atoms with Gasteiger partial charge in [0.25, 0.3) is 0 Å². The summed E-state index contributed by atoms with van der Waals surface area (Å²) in [5.74, 6) is 0. The standard InChI is InChI=1S/C9H14/c1-5-9(4)7-6-8(2)3/h6-7H,2,4-5H2,1,3H3/b7-6+. The summed E-state index contributed by atoms with van der Waals surface area (Å²) in [6.45, 7) is 11.6. The molecule has 0 saturated heterocycles. The molecule has 0 amide bonds. The molecule has 0 aromatic heterocycles. The van der Waals surface area contributed by atoms with E-state index < -0.39 is 0 Å². The first-order chi connectivity index (χ1) is 4.16. The van der Waals surface area contributed by atoms with Crippen molar-refractivity contribution in [3.05, 3.63) is 36.5 Å². The Bertz CT molecular complexity index is 138. The van der Waals surface area contributed by atoms with Gasteiger partial charge in [-0.05, 0) is 13.3 Å². The lowest BCUT2D eigenvalue weighted by Gasteiger charge is -1.89. The first kappa shape index (κ1) is 8.22. The van der Waals surface area contributed by atoms with E-state index >= 15 is 0 Å². The van der Waals surface area contributed by atoms with Crippen molar-refractivity contribution in [2.45, 2.75) is 20.3 Å². The van der Waals surface area contributed by atoms with Gasteiger partial charge >= 0.3 is 0 Å². The average molecular weight is 122 g/mol. The van der Waals surface area contributed by atoms with Crippen LogP contribution in [0.15, 0.2) is 36.5 Å². The maximum absolute atomic E-state index is 3.82. The molecule has 0 aromatic rings. The second-order valence-electron chi connectivity index (χ2n) is 2.19. The molecule has 0 aliphatic carbocycles. The Kier molecular flexibility index (Phi) is 3.78. The molecule has 0 aliphatic rings. The number of hydrogen-bond donors (Lipinski definition) is 0. The van der Waals surface area contributed by atoms with E-state index in [0.717, 1.165) is 17.6 Å². The fourth-order valence-electron chi connectivity index (χ4n) is 0.378. The lowest BCUT2D eigenvalue weighted by molar-refractivity contribution is 1.16. The predicted octanol–water partition coefficient (Wildman–Crippen LogP) is 3.08. The van der Waals surface area contributed by atoms with Crippen LogP contribution >= 0.6 is 0 Å². The Morgan fingerprint density at radius 1 is 1.33 bits per heavy atom. The normalized spacial score (nSPS) is 10.0. The Morgan fingerprint density at radius 3 is 2.22 bits per heavy atom. The van der Waals surface area contributed by atoms with E-state index in [4.69, 9.17) is 0 Å². The fourth-order valence-corrected chi connectivity index (χ4v) is 0.378. The van der Waals surface area contributed by atoms with Crippen LogP contribution in [0.2, 0.25) is 0 Å². The molecule has 9 heavy (non-hydrogen) atoms. The Balaban J connectivity index is 3.71. The number of rotatable bonds is 3. The van der Waals surface area contributed by atoms with Crippen LogP contribution in [0.3, 0.4) is 0 Å². The van der Waals surface area contributed by atoms with Crippen LogP contribution in [0.4, 0.5) is 0 Å². The third-order valence-electron chi connectivity index (χ3n) is 1.06. The molecule has 0 atom stereocenters. The molecular formula is C9H14. The molecule has 0 fully saturated rings. The van der Waals surface area contributed by atoms with Crippen LogP contribution in [-0.2, 0) is 0 Å². The van der Waals surface area contributed by atoms with Gasteiger partial charge in [-0.1, -0.05) is 43.4 Å². The van der Waals surface area contributed by atoms with E-state index in [1.807, 2.05) is 19.1 Å². The largest absolute Gasteiger partial charge is 0.0961 e. The van der Waals surface area contributed by atoms with Gasteiger partial charge in [0.1, 0.15) is 0 Å². The van der Waals surface area contributed by atoms with Crippen LogP contribution in [-0.4, -0.2) is 0 Å². The third kappa shape index (κ3) is 5.09. The highest BCUT2D eigenvalue weighted by Crippen LogP contribution is 2.00. The second-order valence-corrected chi connectivity index (χ2v) is 2.19. The second kappa shape index (κ2) is 4.13. The summed E-state index contributed by atoms with van der Waals surface area (Å²) >= 11 is 0. The van der Waals surface area contributed by atoms with Crippen molar-refractivity contribution in [1.29, 1.82) is 0 Å². The molecule has 0 saturated carbocycles. The van der Waals surface area contributed by atoms with E-state index in [1.54, 1.807) is 0 Å². The minimum atomic E-state index is 1.02. The smallest absolute Gasteiger partial charge is 0.0313 e. The summed E-state index contributed by atoms with van der Waals surface area (Å²) in [5.41, 5.74) is 2.22. The van der Waals surface area contributed by atoms with Gasteiger partial charge in [0.15, 0.2) is 0 Å². The number of hydrogen-bond acceptors (Lipinski definition) is 0. The molecule has 0 nitrogen and oxygen atoms in total. The molecule has 0 aromatic carbocycles. The zero-order valence-corrected chi connectivity index (χ0v) is 6.28. The lowest BCUT2D eigenvalue weighted by atomic mass is 10.2. The highest BCUT2D eigenvalue weighted by molar-refractivity contribution is 5.22. The average Bonchev–Trinajstić information content (AvgIpc) is 1.83. The first-order valence-corrected chi connectivity index (χ1v) is 3.18. The van der Waals surface area contributed by atoms with Gasteiger partial charge in [-0.3, -0.25) is 0 Å². The minimum absolute atomic E-state index is 1.02. The molecule has 0 radical (unpaired) electrons. The van der Waals surface area contributed by atoms with E-state index in [2.05, 4.69) is 20.1 Å². The third-order valence-corrected chi connectivity index (χ3v) is 1.06. The van der Waals surface area contributed by atoms with Crippen LogP contribution in [0, 0.1) is 0 Å². The van der Waals surface area contributed by atoms with Gasteiger partial charge in [0, 0.05) is 0 Å². The Morgan fingerprint density at radius 2 is 1.89 bits per heavy atom. The summed E-state index contributed by atoms with van der Waals surface area (Å²) in [6, 6.07) is 0. The van der Waals surface area contributed by atoms with Gasteiger partial charge in [-0.25, -0.2) is 0 Å². The van der Waals surface area contributed by atoms with Crippen LogP contribution in [0.25, 0.3) is 0 Å². The van der Waals surface area contributed by atoms with Crippen molar-refractivity contribution in [2.75, 3.05) is 0 Å². The summed E-state index contributed by atoms with van der Waals surface area (Å²) in [4.78, 5) is 0. The summed E-state index contributed by atoms with van der Waals surface area (Å²) in [5, 5.41) is 0. The fraction of sp³-hybridized carbons (Fsp3) is 0.333. The van der Waals surface area contributed by atoms with E-state index in [9.17, 15) is 0 Å². The summed E-state index contributed by atoms with van der Waals surface area (Å²) in [7, 11) is 0. The Hall–Kier alpha value is -0.780. The van der Waals surface area contributed by atoms with Crippen LogP contribution < -0.4 is 0 Å². The molecular weight excluding hydrogens is 108 g/mol. The Labute approximate surface area is 57.6 Å². The quantitative estimate of drug-likeness (QED) is 0.504. The van der Waals surface area contributed by atoms with Gasteiger partial charge in [0.05, 0.1) is 0 Å². The highest BCUT2D eigenvalue weighted by Gasteiger charge is 1.79. The van der Waals surface area contributed by atoms with Crippen LogP contribution in [0.5, 0.6) is 0 Å². The molecule has 0 N–H and O–H groups in total. The zero-order chi connectivity index (χ0) is 7.28. The number of allylic oxidation sites excluding steroid dienone is 4. The highest BCUT2D eigenvalue weighted by atomic mass is 13.9. The topological polar surface area (TPSA) is 0 Å². The zero-order valence-electron chi connectivity index (χ0n) is 6.28. The molecule has 0 unspecified atom stereocenters. The molecule has 50 valence electrons. The summed E-state index contributed by atoms with van der Waals surface area (Å²) in [6.07, 6.45) is 5.00. The van der Waals surface area contributed by atoms with E-state index in [1.165, 1.54) is 0 Å². The monoisotopic (exact) mass is 122 g/mol. The summed E-state index contributed by atoms with van der Waals surface area (Å²) < 4.78 is 0. The van der Waals surface area contributed by atoms with Crippen molar-refractivity contribution in [3.63, 3.8) is 0 Å². The van der Waals surface area contributed by atoms with Crippen molar-refractivity contribution >= 4 is 0 Å². The molecule has 0 heterocycles. The van der Waals surface area contributed by atoms with Gasteiger partial charge < -0.3 is 0 Å². The van der Waals surface area contributed by atoms with Gasteiger partial charge in [-0.2, -0.15) is 0 Å². The van der Waals surface area contributed by atoms with Crippen molar-refractivity contribution < 1.29 is 0 Å². The molecule has 0 spiro atoms. The minimum Gasteiger partial charge on any atom is -0.0961 e. The molecule has 0 bridgehead atoms. The SMILES string of the molecule is C=C(C)/C=C/C(=C)CC. The first-order valence-electron chi connectivity index (χ1n) is 3.18. The predicted molar refractivity (Wildman–Crippen MR) is 43.4 cm³/mol. The van der Waals surface area contributed by atoms with Crippen molar-refractivity contribution in [2.24, 2.45) is 0 Å². The molecule has 0 aliphatic heterocycles. The lowest BCUT2D eigenvalue weighted by Crippen LogP contribution is -1.69. The van der Waals surface area contributed by atoms with E-state index in [-0.39, 0.29) is 0 Å². The van der Waals surface area contributed by atoms with Crippen molar-refractivity contribution in [1.82, 2.24) is 0 Å². The maximum Gasteiger partial charge on any atom is -0.0313 e. The van der Waals surface area contributed by atoms with Gasteiger partial charge in [0.2, 0.25) is 0 Å².